The van der Waals surface area contributed by atoms with Crippen LogP contribution in [0.2, 0.25) is 0 Å². The minimum absolute atomic E-state index is 0.218. The van der Waals surface area contributed by atoms with Gasteiger partial charge in [-0.15, -0.1) is 0 Å². The van der Waals surface area contributed by atoms with Crippen molar-refractivity contribution >= 4 is 12.3 Å². The summed E-state index contributed by atoms with van der Waals surface area (Å²) >= 11 is 0. The molecule has 4 aliphatic rings. The van der Waals surface area contributed by atoms with Crippen LogP contribution in [-0.4, -0.2) is 66.5 Å². The molecule has 3 aliphatic heterocycles. The molecule has 0 radical (unpaired) electrons. The molecule has 0 amide bonds. The number of hydrogen-bond donors (Lipinski definition) is 0. The van der Waals surface area contributed by atoms with E-state index in [1.165, 1.54) is 23.3 Å². The summed E-state index contributed by atoms with van der Waals surface area (Å²) in [5.41, 5.74) is 4.03. The van der Waals surface area contributed by atoms with Crippen LogP contribution in [0.5, 0.6) is 5.75 Å². The molecular formula is C28H39N2O3+. The molecule has 178 valence electrons. The molecule has 2 bridgehead atoms. The molecule has 3 heterocycles. The quantitative estimate of drug-likeness (QED) is 0.476. The van der Waals surface area contributed by atoms with E-state index < -0.39 is 0 Å². The van der Waals surface area contributed by atoms with Gasteiger partial charge in [0.25, 0.3) is 0 Å². The Labute approximate surface area is 198 Å². The normalized spacial score (nSPS) is 26.9. The Kier molecular flexibility index (Phi) is 6.37. The molecule has 1 atom stereocenters. The van der Waals surface area contributed by atoms with Gasteiger partial charge in [0.05, 0.1) is 19.8 Å². The lowest BCUT2D eigenvalue weighted by molar-refractivity contribution is -0.532. The van der Waals surface area contributed by atoms with Crippen LogP contribution in [0.4, 0.5) is 0 Å². The highest BCUT2D eigenvalue weighted by Crippen LogP contribution is 2.49. The second kappa shape index (κ2) is 9.27. The van der Waals surface area contributed by atoms with Crippen molar-refractivity contribution in [3.05, 3.63) is 47.2 Å². The highest BCUT2D eigenvalue weighted by atomic mass is 16.7. The predicted molar refractivity (Wildman–Crippen MR) is 132 cm³/mol. The first-order chi connectivity index (χ1) is 16.0. The van der Waals surface area contributed by atoms with Crippen molar-refractivity contribution in [2.75, 3.05) is 33.4 Å². The maximum absolute atomic E-state index is 6.25. The Morgan fingerprint density at radius 3 is 2.45 bits per heavy atom. The Hall–Kier alpha value is -2.11. The van der Waals surface area contributed by atoms with Gasteiger partial charge in [-0.3, -0.25) is 0 Å². The first kappa shape index (κ1) is 22.7. The van der Waals surface area contributed by atoms with Crippen LogP contribution in [0.15, 0.2) is 41.6 Å². The number of nitrogens with zero attached hydrogens (tertiary/aromatic N) is 2. The number of allylic oxidation sites excluding steroid dienone is 2. The summed E-state index contributed by atoms with van der Waals surface area (Å²) in [5.74, 6) is 0.582. The summed E-state index contributed by atoms with van der Waals surface area (Å²) < 4.78 is 20.8. The van der Waals surface area contributed by atoms with E-state index >= 15 is 0 Å². The van der Waals surface area contributed by atoms with Crippen LogP contribution in [-0.2, 0) is 9.47 Å². The summed E-state index contributed by atoms with van der Waals surface area (Å²) in [6, 6.07) is 9.07. The van der Waals surface area contributed by atoms with E-state index in [0.717, 1.165) is 64.0 Å². The fraction of sp³-hybridized carbons (Fsp3) is 0.607. The van der Waals surface area contributed by atoms with E-state index in [1.807, 2.05) is 0 Å². The molecule has 0 N–H and O–H groups in total. The Morgan fingerprint density at radius 1 is 1.09 bits per heavy atom. The van der Waals surface area contributed by atoms with Crippen molar-refractivity contribution in [3.63, 3.8) is 0 Å². The molecule has 0 aromatic heterocycles. The zero-order chi connectivity index (χ0) is 22.9. The molecule has 1 aromatic carbocycles. The van der Waals surface area contributed by atoms with Gasteiger partial charge in [0, 0.05) is 24.8 Å². The molecule has 5 heteroatoms. The largest absolute Gasteiger partial charge is 0.490 e. The molecule has 1 aromatic rings. The minimum atomic E-state index is -0.333. The first-order valence-electron chi connectivity index (χ1n) is 12.7. The average molecular weight is 452 g/mol. The summed E-state index contributed by atoms with van der Waals surface area (Å²) in [6.07, 6.45) is 14.5. The van der Waals surface area contributed by atoms with Crippen molar-refractivity contribution < 1.29 is 18.8 Å². The number of rotatable bonds is 4. The standard InChI is InChI=1S/C28H39N2O3/c1-22(2)10-17-31-26-8-6-23(7-9-26)18-24-20-29(3)25-19-27(30(24)21-25)11-13-28(14-12-27)32-15-4-5-16-33-28/h6-10,18,20,25H,4-5,11-17,19,21H2,1-3H3/q+1/b24-18-/t25-/m0/s1. The first-order valence-corrected chi connectivity index (χ1v) is 12.7. The van der Waals surface area contributed by atoms with Crippen LogP contribution in [0.3, 0.4) is 0 Å². The summed E-state index contributed by atoms with van der Waals surface area (Å²) in [7, 11) is 2.23. The molecular weight excluding hydrogens is 412 g/mol. The SMILES string of the molecule is CC(C)=CCOc1ccc(/C=C2/C=[N+](C)[C@@H]3CN2C2(CCC4(CC2)OCCCCO4)C3)cc1. The molecule has 2 spiro atoms. The third-order valence-electron chi connectivity index (χ3n) is 7.95. The van der Waals surface area contributed by atoms with Gasteiger partial charge in [-0.05, 0) is 69.4 Å². The van der Waals surface area contributed by atoms with Crippen molar-refractivity contribution in [2.24, 2.45) is 0 Å². The average Bonchev–Trinajstić information content (AvgIpc) is 2.95. The lowest BCUT2D eigenvalue weighted by Crippen LogP contribution is -2.52. The van der Waals surface area contributed by atoms with Gasteiger partial charge in [-0.2, -0.15) is 0 Å². The van der Waals surface area contributed by atoms with Crippen molar-refractivity contribution in [2.45, 2.75) is 76.2 Å². The van der Waals surface area contributed by atoms with Crippen LogP contribution in [0.1, 0.15) is 64.4 Å². The van der Waals surface area contributed by atoms with Gasteiger partial charge in [-0.25, -0.2) is 4.58 Å². The molecule has 33 heavy (non-hydrogen) atoms. The molecule has 1 aliphatic carbocycles. The van der Waals surface area contributed by atoms with Crippen molar-refractivity contribution in [1.29, 1.82) is 0 Å². The third-order valence-corrected chi connectivity index (χ3v) is 7.95. The molecule has 1 saturated carbocycles. The van der Waals surface area contributed by atoms with E-state index in [2.05, 4.69) is 73.0 Å². The van der Waals surface area contributed by atoms with E-state index in [4.69, 9.17) is 14.2 Å². The van der Waals surface area contributed by atoms with Crippen LogP contribution in [0, 0.1) is 0 Å². The minimum Gasteiger partial charge on any atom is -0.490 e. The van der Waals surface area contributed by atoms with Gasteiger partial charge in [0.1, 0.15) is 25.1 Å². The second-order valence-electron chi connectivity index (χ2n) is 10.5. The number of ether oxygens (including phenoxy) is 3. The van der Waals surface area contributed by atoms with Gasteiger partial charge in [0.2, 0.25) is 0 Å². The predicted octanol–water partition coefficient (Wildman–Crippen LogP) is 5.01. The van der Waals surface area contributed by atoms with Crippen molar-refractivity contribution in [3.8, 4) is 5.75 Å². The number of fused-ring (bicyclic) bond motifs is 3. The fourth-order valence-corrected chi connectivity index (χ4v) is 5.93. The highest BCUT2D eigenvalue weighted by molar-refractivity contribution is 5.83. The van der Waals surface area contributed by atoms with Gasteiger partial charge >= 0.3 is 0 Å². The number of hydrogen-bond acceptors (Lipinski definition) is 4. The summed E-state index contributed by atoms with van der Waals surface area (Å²) in [4.78, 5) is 2.69. The summed E-state index contributed by atoms with van der Waals surface area (Å²) in [6.45, 7) is 7.60. The van der Waals surface area contributed by atoms with Gasteiger partial charge in [0.15, 0.2) is 18.0 Å². The lowest BCUT2D eigenvalue weighted by atomic mass is 9.76. The third kappa shape index (κ3) is 4.76. The maximum Gasteiger partial charge on any atom is 0.187 e. The Balaban J connectivity index is 1.32. The van der Waals surface area contributed by atoms with Gasteiger partial charge in [-0.1, -0.05) is 17.7 Å². The number of benzene rings is 1. The van der Waals surface area contributed by atoms with Gasteiger partial charge < -0.3 is 19.1 Å². The van der Waals surface area contributed by atoms with Crippen LogP contribution in [0.25, 0.3) is 6.08 Å². The smallest absolute Gasteiger partial charge is 0.187 e. The monoisotopic (exact) mass is 451 g/mol. The van der Waals surface area contributed by atoms with Crippen molar-refractivity contribution in [1.82, 2.24) is 4.90 Å². The zero-order valence-corrected chi connectivity index (χ0v) is 20.5. The van der Waals surface area contributed by atoms with Crippen LogP contribution >= 0.6 is 0 Å². The highest BCUT2D eigenvalue weighted by Gasteiger charge is 2.56. The molecule has 0 unspecified atom stereocenters. The molecule has 5 nitrogen and oxygen atoms in total. The fourth-order valence-electron chi connectivity index (χ4n) is 5.93. The lowest BCUT2D eigenvalue weighted by Gasteiger charge is -2.47. The Morgan fingerprint density at radius 2 is 1.79 bits per heavy atom. The zero-order valence-electron chi connectivity index (χ0n) is 20.5. The number of likely N-dealkylation sites (N-methyl/N-ethyl adjacent to an activating group) is 1. The topological polar surface area (TPSA) is 33.9 Å². The van der Waals surface area contributed by atoms with E-state index in [-0.39, 0.29) is 11.3 Å². The van der Waals surface area contributed by atoms with Crippen LogP contribution < -0.4 is 4.74 Å². The molecule has 5 rings (SSSR count). The maximum atomic E-state index is 6.25. The summed E-state index contributed by atoms with van der Waals surface area (Å²) in [5, 5.41) is 0. The molecule has 2 saturated heterocycles. The van der Waals surface area contributed by atoms with E-state index in [9.17, 15) is 0 Å². The Bertz CT molecular complexity index is 924. The molecule has 3 fully saturated rings. The van der Waals surface area contributed by atoms with E-state index in [0.29, 0.717) is 12.6 Å². The second-order valence-corrected chi connectivity index (χ2v) is 10.5. The van der Waals surface area contributed by atoms with E-state index in [1.54, 1.807) is 0 Å².